The molecule has 0 radical (unpaired) electrons. The van der Waals surface area contributed by atoms with Crippen LogP contribution in [-0.2, 0) is 19.7 Å². The molecule has 6 atom stereocenters. The van der Waals surface area contributed by atoms with E-state index in [1.54, 1.807) is 7.11 Å². The molecule has 3 heterocycles. The van der Waals surface area contributed by atoms with Gasteiger partial charge in [0, 0.05) is 49.1 Å². The number of aliphatic hydroxyl groups is 1. The number of likely N-dealkylation sites (N-methyl/N-ethyl adjacent to an activating group) is 1. The molecule has 0 aromatic heterocycles. The van der Waals surface area contributed by atoms with E-state index in [9.17, 15) is 14.7 Å². The van der Waals surface area contributed by atoms with Crippen LogP contribution in [0.4, 0.5) is 10.5 Å². The van der Waals surface area contributed by atoms with Gasteiger partial charge in [0.1, 0.15) is 23.6 Å². The topological polar surface area (TPSA) is 101 Å². The average Bonchev–Trinajstić information content (AvgIpc) is 3.64. The second kappa shape index (κ2) is 9.41. The molecule has 1 aromatic rings. The molecule has 3 fully saturated rings. The van der Waals surface area contributed by atoms with Gasteiger partial charge in [-0.15, -0.1) is 0 Å². The van der Waals surface area contributed by atoms with Crippen LogP contribution >= 0.6 is 0 Å². The van der Waals surface area contributed by atoms with Crippen molar-refractivity contribution in [3.05, 3.63) is 35.9 Å². The van der Waals surface area contributed by atoms with Crippen molar-refractivity contribution in [2.45, 2.75) is 87.7 Å². The maximum Gasteiger partial charge on any atom is 0.407 e. The summed E-state index contributed by atoms with van der Waals surface area (Å²) in [5, 5.41) is 15.9. The molecule has 1 aromatic carbocycles. The van der Waals surface area contributed by atoms with Crippen molar-refractivity contribution in [3.8, 4) is 5.75 Å². The van der Waals surface area contributed by atoms with Crippen molar-refractivity contribution >= 4 is 17.7 Å². The first-order valence-corrected chi connectivity index (χ1v) is 14.4. The lowest BCUT2D eigenvalue weighted by Gasteiger charge is -2.64. The molecule has 2 aliphatic carbocycles. The third-order valence-corrected chi connectivity index (χ3v) is 10.3. The first-order chi connectivity index (χ1) is 18.7. The van der Waals surface area contributed by atoms with Gasteiger partial charge in [-0.1, -0.05) is 25.1 Å². The van der Waals surface area contributed by atoms with Gasteiger partial charge < -0.3 is 29.5 Å². The summed E-state index contributed by atoms with van der Waals surface area (Å²) in [4.78, 5) is 30.2. The Morgan fingerprint density at radius 2 is 1.95 bits per heavy atom. The lowest BCUT2D eigenvalue weighted by atomic mass is 9.47. The largest absolute Gasteiger partial charge is 0.497 e. The zero-order valence-corrected chi connectivity index (χ0v) is 23.4. The molecule has 3 aliphatic heterocycles. The summed E-state index contributed by atoms with van der Waals surface area (Å²) in [5.41, 5.74) is -0.531. The number of hydrogen-bond donors (Lipinski definition) is 2. The van der Waals surface area contributed by atoms with Crippen LogP contribution in [0.2, 0.25) is 0 Å². The summed E-state index contributed by atoms with van der Waals surface area (Å²) >= 11 is 0. The van der Waals surface area contributed by atoms with E-state index < -0.39 is 40.6 Å². The van der Waals surface area contributed by atoms with Gasteiger partial charge in [0.05, 0.1) is 19.7 Å². The van der Waals surface area contributed by atoms with E-state index in [0.717, 1.165) is 56.6 Å². The SMILES string of the molecule is CCC12C=CCN3CC[C@@]4(c5ccc(OC)cc5N(C)[C@H]4[C@@](O)(CNC(=O)OC4CCCC4)[C@@H]1OC(C)=O)[C@@H]32. The smallest absolute Gasteiger partial charge is 0.407 e. The number of nitrogens with one attached hydrogen (secondary N) is 1. The van der Waals surface area contributed by atoms with E-state index in [4.69, 9.17) is 14.2 Å². The molecule has 5 aliphatic rings. The standard InChI is InChI=1S/C30H41N3O6/c1-5-28-13-8-15-33-16-14-29(24(28)33)22-12-11-21(37-4)17-23(22)32(3)25(29)30(36,26(28)38-19(2)34)18-31-27(35)39-20-9-6-7-10-20/h8,11-13,17,20,24-26,36H,5-7,9-10,14-16,18H2,1-4H3,(H,31,35)/t24-,25+,26+,28?,29+,30-/m0/s1. The highest BCUT2D eigenvalue weighted by Gasteiger charge is 2.77. The lowest BCUT2D eigenvalue weighted by molar-refractivity contribution is -0.217. The Hall–Kier alpha value is -2.78. The minimum atomic E-state index is -1.61. The molecule has 1 spiro atoms. The number of fused-ring (bicyclic) bond motifs is 1. The summed E-state index contributed by atoms with van der Waals surface area (Å²) in [6.45, 7) is 5.08. The zero-order chi connectivity index (χ0) is 27.6. The van der Waals surface area contributed by atoms with Gasteiger partial charge in [-0.25, -0.2) is 4.79 Å². The highest BCUT2D eigenvalue weighted by molar-refractivity contribution is 5.72. The number of benzene rings is 1. The predicted molar refractivity (Wildman–Crippen MR) is 146 cm³/mol. The third kappa shape index (κ3) is 3.65. The molecule has 39 heavy (non-hydrogen) atoms. The van der Waals surface area contributed by atoms with E-state index in [-0.39, 0.29) is 18.7 Å². The van der Waals surface area contributed by atoms with Crippen molar-refractivity contribution in [1.29, 1.82) is 0 Å². The average molecular weight is 540 g/mol. The molecule has 1 amide bonds. The van der Waals surface area contributed by atoms with Gasteiger partial charge in [-0.2, -0.15) is 0 Å². The van der Waals surface area contributed by atoms with E-state index in [1.165, 1.54) is 12.5 Å². The van der Waals surface area contributed by atoms with Crippen LogP contribution in [0.1, 0.15) is 57.9 Å². The van der Waals surface area contributed by atoms with Crippen LogP contribution in [0.15, 0.2) is 30.4 Å². The Morgan fingerprint density at radius 1 is 1.18 bits per heavy atom. The van der Waals surface area contributed by atoms with Crippen molar-refractivity contribution < 1.29 is 28.9 Å². The second-order valence-electron chi connectivity index (χ2n) is 12.1. The number of hydrogen-bond acceptors (Lipinski definition) is 8. The van der Waals surface area contributed by atoms with Crippen molar-refractivity contribution in [2.24, 2.45) is 5.41 Å². The molecular formula is C30H41N3O6. The molecule has 6 rings (SSSR count). The number of methoxy groups -OCH3 is 1. The quantitative estimate of drug-likeness (QED) is 0.420. The molecule has 0 bridgehead atoms. The summed E-state index contributed by atoms with van der Waals surface area (Å²) in [7, 11) is 3.64. The van der Waals surface area contributed by atoms with Crippen LogP contribution in [0.5, 0.6) is 5.75 Å². The first kappa shape index (κ1) is 26.4. The van der Waals surface area contributed by atoms with E-state index >= 15 is 0 Å². The number of nitrogens with zero attached hydrogens (tertiary/aromatic N) is 2. The van der Waals surface area contributed by atoms with Gasteiger partial charge in [0.15, 0.2) is 0 Å². The maximum absolute atomic E-state index is 13.0. The third-order valence-electron chi connectivity index (χ3n) is 10.3. The first-order valence-electron chi connectivity index (χ1n) is 14.4. The molecule has 1 unspecified atom stereocenters. The number of alkyl carbamates (subject to hydrolysis) is 1. The minimum Gasteiger partial charge on any atom is -0.497 e. The number of esters is 1. The molecule has 2 saturated carbocycles. The predicted octanol–water partition coefficient (Wildman–Crippen LogP) is 3.14. The van der Waals surface area contributed by atoms with Crippen molar-refractivity contribution in [2.75, 3.05) is 38.7 Å². The molecule has 1 saturated heterocycles. The van der Waals surface area contributed by atoms with E-state index in [2.05, 4.69) is 40.3 Å². The van der Waals surface area contributed by atoms with E-state index in [0.29, 0.717) is 6.42 Å². The van der Waals surface area contributed by atoms with Gasteiger partial charge in [-0.3, -0.25) is 9.69 Å². The number of anilines is 1. The van der Waals surface area contributed by atoms with Crippen molar-refractivity contribution in [3.63, 3.8) is 0 Å². The second-order valence-corrected chi connectivity index (χ2v) is 12.1. The van der Waals surface area contributed by atoms with Gasteiger partial charge in [0.25, 0.3) is 0 Å². The maximum atomic E-state index is 13.0. The molecule has 9 heteroatoms. The van der Waals surface area contributed by atoms with Gasteiger partial charge >= 0.3 is 12.1 Å². The number of rotatable bonds is 6. The summed E-state index contributed by atoms with van der Waals surface area (Å²) in [5.74, 6) is 0.296. The number of amides is 1. The normalized spacial score (nSPS) is 36.7. The number of carbonyl (C=O) groups excluding carboxylic acids is 2. The minimum absolute atomic E-state index is 0.0113. The van der Waals surface area contributed by atoms with Gasteiger partial charge in [0.2, 0.25) is 0 Å². The number of ether oxygens (including phenoxy) is 3. The Labute approximate surface area is 230 Å². The summed E-state index contributed by atoms with van der Waals surface area (Å²) in [6.07, 6.45) is 8.15. The zero-order valence-electron chi connectivity index (χ0n) is 23.4. The van der Waals surface area contributed by atoms with Crippen LogP contribution < -0.4 is 15.0 Å². The van der Waals surface area contributed by atoms with Crippen LogP contribution in [0, 0.1) is 5.41 Å². The highest BCUT2D eigenvalue weighted by atomic mass is 16.6. The Balaban J connectivity index is 1.49. The molecule has 9 nitrogen and oxygen atoms in total. The molecular weight excluding hydrogens is 498 g/mol. The fraction of sp³-hybridized carbons (Fsp3) is 0.667. The van der Waals surface area contributed by atoms with Gasteiger partial charge in [-0.05, 0) is 56.7 Å². The Morgan fingerprint density at radius 3 is 2.64 bits per heavy atom. The van der Waals surface area contributed by atoms with Crippen LogP contribution in [0.3, 0.4) is 0 Å². The monoisotopic (exact) mass is 539 g/mol. The van der Waals surface area contributed by atoms with E-state index in [1.807, 2.05) is 19.2 Å². The van der Waals surface area contributed by atoms with Crippen molar-refractivity contribution in [1.82, 2.24) is 10.2 Å². The highest BCUT2D eigenvalue weighted by Crippen LogP contribution is 2.67. The van der Waals surface area contributed by atoms with Crippen LogP contribution in [0.25, 0.3) is 0 Å². The summed E-state index contributed by atoms with van der Waals surface area (Å²) in [6, 6.07) is 5.72. The number of carbonyl (C=O) groups is 2. The Kier molecular flexibility index (Phi) is 6.38. The molecule has 212 valence electrons. The fourth-order valence-electron chi connectivity index (χ4n) is 9.06. The fourth-order valence-corrected chi connectivity index (χ4v) is 9.06. The van der Waals surface area contributed by atoms with Crippen LogP contribution in [-0.4, -0.2) is 85.8 Å². The lowest BCUT2D eigenvalue weighted by Crippen LogP contribution is -2.81. The molecule has 2 N–H and O–H groups in total. The Bertz CT molecular complexity index is 1180. The summed E-state index contributed by atoms with van der Waals surface area (Å²) < 4.78 is 17.4.